The molecule has 1 aromatic rings. The molecule has 0 aliphatic carbocycles. The molecule has 0 saturated carbocycles. The zero-order valence-corrected chi connectivity index (χ0v) is 14.5. The molecule has 6 nitrogen and oxygen atoms in total. The lowest BCUT2D eigenvalue weighted by Crippen LogP contribution is -2.54. The van der Waals surface area contributed by atoms with Gasteiger partial charge < -0.3 is 15.5 Å². The van der Waals surface area contributed by atoms with Gasteiger partial charge >= 0.3 is 6.03 Å². The number of rotatable bonds is 6. The van der Waals surface area contributed by atoms with Crippen molar-refractivity contribution in [3.05, 3.63) is 30.1 Å². The Labute approximate surface area is 139 Å². The van der Waals surface area contributed by atoms with Crippen molar-refractivity contribution in [1.29, 1.82) is 0 Å². The fourth-order valence-corrected chi connectivity index (χ4v) is 2.88. The number of carbonyl (C=O) groups is 1. The van der Waals surface area contributed by atoms with Gasteiger partial charge in [-0.1, -0.05) is 13.8 Å². The van der Waals surface area contributed by atoms with Gasteiger partial charge in [0.2, 0.25) is 0 Å². The van der Waals surface area contributed by atoms with Gasteiger partial charge in [0, 0.05) is 57.7 Å². The standard InChI is InChI=1S/C17H29N5O/c1-14(2)16(22-10-8-21(3)9-11-22)13-20-17(23)19-12-15-4-6-18-7-5-15/h4-7,14,16H,8-13H2,1-3H3,(H2,19,20,23). The highest BCUT2D eigenvalue weighted by molar-refractivity contribution is 5.73. The van der Waals surface area contributed by atoms with E-state index in [2.05, 4.69) is 46.3 Å². The summed E-state index contributed by atoms with van der Waals surface area (Å²) in [5.74, 6) is 0.513. The van der Waals surface area contributed by atoms with Gasteiger partial charge in [-0.25, -0.2) is 4.79 Å². The van der Waals surface area contributed by atoms with Crippen molar-refractivity contribution in [2.45, 2.75) is 26.4 Å². The number of amides is 2. The minimum absolute atomic E-state index is 0.110. The summed E-state index contributed by atoms with van der Waals surface area (Å²) < 4.78 is 0. The topological polar surface area (TPSA) is 60.5 Å². The Bertz CT molecular complexity index is 471. The number of pyridine rings is 1. The minimum Gasteiger partial charge on any atom is -0.337 e. The van der Waals surface area contributed by atoms with E-state index in [4.69, 9.17) is 0 Å². The molecule has 23 heavy (non-hydrogen) atoms. The van der Waals surface area contributed by atoms with Gasteiger partial charge in [-0.15, -0.1) is 0 Å². The molecular weight excluding hydrogens is 290 g/mol. The second-order valence-electron chi connectivity index (χ2n) is 6.57. The van der Waals surface area contributed by atoms with Crippen molar-refractivity contribution < 1.29 is 4.79 Å². The summed E-state index contributed by atoms with van der Waals surface area (Å²) in [6, 6.07) is 4.08. The fourth-order valence-electron chi connectivity index (χ4n) is 2.88. The maximum Gasteiger partial charge on any atom is 0.315 e. The van der Waals surface area contributed by atoms with Crippen molar-refractivity contribution in [1.82, 2.24) is 25.4 Å². The average Bonchev–Trinajstić information content (AvgIpc) is 2.55. The zero-order chi connectivity index (χ0) is 16.7. The summed E-state index contributed by atoms with van der Waals surface area (Å²) in [7, 11) is 2.16. The van der Waals surface area contributed by atoms with E-state index in [1.807, 2.05) is 12.1 Å². The summed E-state index contributed by atoms with van der Waals surface area (Å²) in [5.41, 5.74) is 1.05. The number of carbonyl (C=O) groups excluding carboxylic acids is 1. The highest BCUT2D eigenvalue weighted by Crippen LogP contribution is 2.12. The van der Waals surface area contributed by atoms with Gasteiger partial charge in [0.25, 0.3) is 0 Å². The molecule has 1 saturated heterocycles. The Hall–Kier alpha value is -1.66. The lowest BCUT2D eigenvalue weighted by molar-refractivity contribution is 0.0887. The van der Waals surface area contributed by atoms with E-state index >= 15 is 0 Å². The van der Waals surface area contributed by atoms with Crippen LogP contribution < -0.4 is 10.6 Å². The molecule has 2 N–H and O–H groups in total. The highest BCUT2D eigenvalue weighted by atomic mass is 16.2. The normalized spacial score (nSPS) is 17.9. The number of likely N-dealkylation sites (N-methyl/N-ethyl adjacent to an activating group) is 1. The minimum atomic E-state index is -0.110. The molecule has 1 unspecified atom stereocenters. The second kappa shape index (κ2) is 8.84. The summed E-state index contributed by atoms with van der Waals surface area (Å²) in [5, 5.41) is 5.92. The molecule has 128 valence electrons. The van der Waals surface area contributed by atoms with Gasteiger partial charge in [-0.3, -0.25) is 9.88 Å². The van der Waals surface area contributed by atoms with Gasteiger partial charge in [-0.05, 0) is 30.7 Å². The van der Waals surface area contributed by atoms with E-state index in [0.29, 0.717) is 25.0 Å². The lowest BCUT2D eigenvalue weighted by atomic mass is 10.0. The third-order valence-electron chi connectivity index (χ3n) is 4.45. The lowest BCUT2D eigenvalue weighted by Gasteiger charge is -2.39. The summed E-state index contributed by atoms with van der Waals surface area (Å²) >= 11 is 0. The van der Waals surface area contributed by atoms with Crippen molar-refractivity contribution in [2.24, 2.45) is 5.92 Å². The van der Waals surface area contributed by atoms with Crippen molar-refractivity contribution in [3.63, 3.8) is 0 Å². The molecule has 0 aromatic carbocycles. The Kier molecular flexibility index (Phi) is 6.80. The number of hydrogen-bond acceptors (Lipinski definition) is 4. The summed E-state index contributed by atoms with van der Waals surface area (Å²) in [4.78, 5) is 20.8. The number of nitrogens with zero attached hydrogens (tertiary/aromatic N) is 3. The number of hydrogen-bond donors (Lipinski definition) is 2. The second-order valence-corrected chi connectivity index (χ2v) is 6.57. The van der Waals surface area contributed by atoms with Crippen molar-refractivity contribution in [3.8, 4) is 0 Å². The Morgan fingerprint density at radius 3 is 2.43 bits per heavy atom. The van der Waals surface area contributed by atoms with Crippen LogP contribution >= 0.6 is 0 Å². The van der Waals surface area contributed by atoms with Crippen LogP contribution in [-0.2, 0) is 6.54 Å². The Morgan fingerprint density at radius 1 is 1.17 bits per heavy atom. The van der Waals surface area contributed by atoms with E-state index < -0.39 is 0 Å². The van der Waals surface area contributed by atoms with Crippen molar-refractivity contribution >= 4 is 6.03 Å². The first-order valence-corrected chi connectivity index (χ1v) is 8.39. The smallest absolute Gasteiger partial charge is 0.315 e. The van der Waals surface area contributed by atoms with Crippen molar-refractivity contribution in [2.75, 3.05) is 39.8 Å². The molecule has 2 rings (SSSR count). The summed E-state index contributed by atoms with van der Waals surface area (Å²) in [6.07, 6.45) is 3.47. The van der Waals surface area contributed by atoms with Gasteiger partial charge in [-0.2, -0.15) is 0 Å². The SMILES string of the molecule is CC(C)C(CNC(=O)NCc1ccncc1)N1CCN(C)CC1. The number of piperazine rings is 1. The number of urea groups is 1. The molecule has 1 fully saturated rings. The quantitative estimate of drug-likeness (QED) is 0.826. The van der Waals surface area contributed by atoms with Crippen LogP contribution in [-0.4, -0.2) is 66.6 Å². The fraction of sp³-hybridized carbons (Fsp3) is 0.647. The molecule has 0 bridgehead atoms. The highest BCUT2D eigenvalue weighted by Gasteiger charge is 2.25. The molecule has 2 heterocycles. The largest absolute Gasteiger partial charge is 0.337 e. The van der Waals surface area contributed by atoms with E-state index in [1.54, 1.807) is 12.4 Å². The van der Waals surface area contributed by atoms with Gasteiger partial charge in [0.1, 0.15) is 0 Å². The van der Waals surface area contributed by atoms with Crippen LogP contribution in [0.3, 0.4) is 0 Å². The number of aromatic nitrogens is 1. The summed E-state index contributed by atoms with van der Waals surface area (Å²) in [6.45, 7) is 9.98. The third kappa shape index (κ3) is 5.80. The van der Waals surface area contributed by atoms with Crippen LogP contribution in [0.4, 0.5) is 4.79 Å². The van der Waals surface area contributed by atoms with Crippen LogP contribution in [0.1, 0.15) is 19.4 Å². The van der Waals surface area contributed by atoms with Gasteiger partial charge in [0.05, 0.1) is 0 Å². The van der Waals surface area contributed by atoms with E-state index in [1.165, 1.54) is 0 Å². The van der Waals surface area contributed by atoms with Gasteiger partial charge in [0.15, 0.2) is 0 Å². The molecule has 1 aliphatic heterocycles. The molecule has 0 spiro atoms. The predicted octanol–water partition coefficient (Wildman–Crippen LogP) is 1.15. The number of nitrogens with one attached hydrogen (secondary N) is 2. The molecule has 1 aromatic heterocycles. The zero-order valence-electron chi connectivity index (χ0n) is 14.5. The van der Waals surface area contributed by atoms with E-state index in [9.17, 15) is 4.79 Å². The first-order valence-electron chi connectivity index (χ1n) is 8.39. The molecule has 0 radical (unpaired) electrons. The molecule has 1 atom stereocenters. The molecule has 6 heteroatoms. The predicted molar refractivity (Wildman–Crippen MR) is 92.2 cm³/mol. The van der Waals surface area contributed by atoms with Crippen LogP contribution in [0, 0.1) is 5.92 Å². The first kappa shape index (κ1) is 17.7. The monoisotopic (exact) mass is 319 g/mol. The maximum absolute atomic E-state index is 12.0. The molecular formula is C17H29N5O. The average molecular weight is 319 g/mol. The van der Waals surface area contributed by atoms with Crippen LogP contribution in [0.2, 0.25) is 0 Å². The Morgan fingerprint density at radius 2 is 1.83 bits per heavy atom. The van der Waals surface area contributed by atoms with E-state index in [-0.39, 0.29) is 6.03 Å². The molecule has 1 aliphatic rings. The van der Waals surface area contributed by atoms with Crippen LogP contribution in [0.15, 0.2) is 24.5 Å². The maximum atomic E-state index is 12.0. The third-order valence-corrected chi connectivity index (χ3v) is 4.45. The molecule has 2 amide bonds. The first-order chi connectivity index (χ1) is 11.1. The van der Waals surface area contributed by atoms with Crippen LogP contribution in [0.5, 0.6) is 0 Å². The Balaban J connectivity index is 1.76. The van der Waals surface area contributed by atoms with Crippen LogP contribution in [0.25, 0.3) is 0 Å². The van der Waals surface area contributed by atoms with E-state index in [0.717, 1.165) is 31.7 Å².